The molecule has 5 aromatic carbocycles. The summed E-state index contributed by atoms with van der Waals surface area (Å²) in [5.74, 6) is 8.02. The molecule has 0 N–H and O–H groups in total. The normalized spacial score (nSPS) is 30.6. The second-order valence-electron chi connectivity index (χ2n) is 21.0. The molecule has 5 aromatic rings. The van der Waals surface area contributed by atoms with Gasteiger partial charge in [-0.2, -0.15) is 10.9 Å². The number of hydrogen-bond donors (Lipinski definition) is 1. The van der Waals surface area contributed by atoms with Crippen molar-refractivity contribution in [2.24, 2.45) is 47.3 Å². The summed E-state index contributed by atoms with van der Waals surface area (Å²) in [6, 6.07) is 35.8. The van der Waals surface area contributed by atoms with Crippen LogP contribution in [-0.4, -0.2) is 43.5 Å². The number of methoxy groups -OCH3 is 1. The number of carbonyl (C=O) groups is 2. The van der Waals surface area contributed by atoms with E-state index in [2.05, 4.69) is 74.5 Å². The van der Waals surface area contributed by atoms with E-state index in [1.807, 2.05) is 24.3 Å². The Bertz CT molecular complexity index is 2460. The molecule has 9 aliphatic rings. The average Bonchev–Trinajstić information content (AvgIpc) is 3.66. The summed E-state index contributed by atoms with van der Waals surface area (Å²) in [6.45, 7) is 4.02. The molecule has 8 fully saturated rings. The molecule has 1 aliphatic heterocycles. The van der Waals surface area contributed by atoms with Gasteiger partial charge in [-0.25, -0.2) is 9.59 Å². The van der Waals surface area contributed by atoms with Crippen LogP contribution in [0.25, 0.3) is 11.1 Å². The summed E-state index contributed by atoms with van der Waals surface area (Å²) in [7, 11) is 0.636. The van der Waals surface area contributed by atoms with Crippen molar-refractivity contribution < 1.29 is 42.7 Å². The van der Waals surface area contributed by atoms with Crippen LogP contribution in [0.2, 0.25) is 0 Å². The van der Waals surface area contributed by atoms with Crippen LogP contribution < -0.4 is 23.7 Å². The van der Waals surface area contributed by atoms with Crippen LogP contribution in [0.4, 0.5) is 0 Å². The maximum Gasteiger partial charge on any atom is 0.344 e. The van der Waals surface area contributed by atoms with Gasteiger partial charge in [0.2, 0.25) is 5.75 Å². The Morgan fingerprint density at radius 2 is 0.866 bits per heavy atom. The van der Waals surface area contributed by atoms with Crippen LogP contribution in [0, 0.1) is 47.3 Å². The standard InChI is InChI=1S/C57H60O9S/c1-56(38-22-34-20-35(24-38)25-39(56)23-34)65-53(58)32-61-42-12-16-44(17-13-42)63-49-30-46(67-51-10-6-4-8-47(51)48-9-5-7-11-52(48)67)31-50(55(49)60-3)64-45-18-14-43(15-19-45)62-33-54(59)66-57(2)40-26-36-21-37(28-40)29-41(57)27-36/h4-19,30-31,34-41,67H,20-29,32-33H2,1-3H3. The molecular formula is C57H60O9S. The average molecular weight is 921 g/mol. The maximum atomic E-state index is 13.2. The number of rotatable bonds is 14. The van der Waals surface area contributed by atoms with E-state index in [1.54, 1.807) is 31.4 Å². The zero-order chi connectivity index (χ0) is 45.4. The third kappa shape index (κ3) is 7.81. The molecule has 67 heavy (non-hydrogen) atoms. The van der Waals surface area contributed by atoms with E-state index in [0.717, 1.165) is 28.6 Å². The zero-order valence-electron chi connectivity index (χ0n) is 38.6. The van der Waals surface area contributed by atoms with Crippen molar-refractivity contribution in [2.75, 3.05) is 20.3 Å². The van der Waals surface area contributed by atoms with E-state index in [1.165, 1.54) is 85.1 Å². The molecule has 1 heterocycles. The number of esters is 2. The molecule has 0 unspecified atom stereocenters. The second kappa shape index (κ2) is 16.9. The predicted octanol–water partition coefficient (Wildman–Crippen LogP) is 13.0. The molecule has 0 saturated heterocycles. The van der Waals surface area contributed by atoms with Gasteiger partial charge in [0.1, 0.15) is 34.2 Å². The molecule has 8 bridgehead atoms. The van der Waals surface area contributed by atoms with Gasteiger partial charge in [-0.05, 0) is 209 Å². The van der Waals surface area contributed by atoms with Crippen molar-refractivity contribution in [3.8, 4) is 51.4 Å². The van der Waals surface area contributed by atoms with Crippen LogP contribution in [-0.2, 0) is 19.1 Å². The second-order valence-corrected chi connectivity index (χ2v) is 23.1. The molecule has 9 nitrogen and oxygen atoms in total. The Morgan fingerprint density at radius 1 is 0.507 bits per heavy atom. The lowest BCUT2D eigenvalue weighted by Crippen LogP contribution is -2.58. The highest BCUT2D eigenvalue weighted by Gasteiger charge is 2.58. The van der Waals surface area contributed by atoms with Crippen LogP contribution in [0.1, 0.15) is 78.1 Å². The van der Waals surface area contributed by atoms with Crippen LogP contribution in [0.3, 0.4) is 0 Å². The number of ether oxygens (including phenoxy) is 7. The van der Waals surface area contributed by atoms with Gasteiger partial charge in [0.05, 0.1) is 7.11 Å². The number of hydrogen-bond acceptors (Lipinski definition) is 9. The summed E-state index contributed by atoms with van der Waals surface area (Å²) in [4.78, 5) is 30.0. The molecule has 10 heteroatoms. The van der Waals surface area contributed by atoms with E-state index >= 15 is 0 Å². The maximum absolute atomic E-state index is 13.2. The highest BCUT2D eigenvalue weighted by atomic mass is 32.2. The monoisotopic (exact) mass is 920 g/mol. The van der Waals surface area contributed by atoms with Crippen molar-refractivity contribution in [3.63, 3.8) is 0 Å². The van der Waals surface area contributed by atoms with E-state index in [9.17, 15) is 9.59 Å². The SMILES string of the molecule is COc1c(Oc2ccc(OCC(=O)OC3(C)C4CC5CC(C4)CC3C5)cc2)cc([SH]2c3ccccc3-c3ccccc32)cc1Oc1ccc(OCC(=O)OC2(C)C3CC4CC(C3)CC2C4)cc1. The fourth-order valence-electron chi connectivity index (χ4n) is 14.1. The Labute approximate surface area is 396 Å². The van der Waals surface area contributed by atoms with E-state index < -0.39 is 22.1 Å². The lowest BCUT2D eigenvalue weighted by atomic mass is 9.50. The Balaban J connectivity index is 0.758. The van der Waals surface area contributed by atoms with Gasteiger partial charge in [0.25, 0.3) is 0 Å². The minimum absolute atomic E-state index is 0.147. The van der Waals surface area contributed by atoms with E-state index in [-0.39, 0.29) is 25.2 Å². The molecule has 0 atom stereocenters. The quantitative estimate of drug-likeness (QED) is 0.0846. The van der Waals surface area contributed by atoms with Crippen molar-refractivity contribution in [1.29, 1.82) is 0 Å². The van der Waals surface area contributed by atoms with Crippen molar-refractivity contribution in [3.05, 3.63) is 109 Å². The smallest absolute Gasteiger partial charge is 0.344 e. The summed E-state index contributed by atoms with van der Waals surface area (Å²) in [6.07, 6.45) is 12.1. The lowest BCUT2D eigenvalue weighted by molar-refractivity contribution is -0.205. The number of benzene rings is 5. The predicted molar refractivity (Wildman–Crippen MR) is 256 cm³/mol. The fourth-order valence-corrected chi connectivity index (χ4v) is 16.8. The molecule has 348 valence electrons. The van der Waals surface area contributed by atoms with E-state index in [4.69, 9.17) is 33.2 Å². The van der Waals surface area contributed by atoms with Gasteiger partial charge >= 0.3 is 11.9 Å². The van der Waals surface area contributed by atoms with Gasteiger partial charge in [0, 0.05) is 14.7 Å². The molecular weight excluding hydrogens is 861 g/mol. The molecule has 8 saturated carbocycles. The highest BCUT2D eigenvalue weighted by molar-refractivity contribution is 8.17. The lowest BCUT2D eigenvalue weighted by Gasteiger charge is -2.59. The Morgan fingerprint density at radius 3 is 1.24 bits per heavy atom. The minimum atomic E-state index is -0.975. The fraction of sp³-hybridized carbons (Fsp3) is 0.439. The van der Waals surface area contributed by atoms with Crippen LogP contribution >= 0.6 is 10.9 Å². The summed E-state index contributed by atoms with van der Waals surface area (Å²) in [5.41, 5.74) is 1.66. The van der Waals surface area contributed by atoms with Gasteiger partial charge in [-0.1, -0.05) is 36.4 Å². The minimum Gasteiger partial charge on any atom is -0.490 e. The molecule has 0 spiro atoms. The van der Waals surface area contributed by atoms with Gasteiger partial charge in [-0.3, -0.25) is 0 Å². The van der Waals surface area contributed by atoms with Crippen molar-refractivity contribution in [1.82, 2.24) is 0 Å². The first-order chi connectivity index (χ1) is 32.6. The largest absolute Gasteiger partial charge is 0.490 e. The molecule has 0 amide bonds. The summed E-state index contributed by atoms with van der Waals surface area (Å²) >= 11 is 0. The Hall–Kier alpha value is -5.61. The highest BCUT2D eigenvalue weighted by Crippen LogP contribution is 2.65. The summed E-state index contributed by atoms with van der Waals surface area (Å²) < 4.78 is 43.9. The van der Waals surface area contributed by atoms with Crippen LogP contribution in [0.5, 0.6) is 40.2 Å². The first-order valence-corrected chi connectivity index (χ1v) is 25.9. The van der Waals surface area contributed by atoms with Crippen molar-refractivity contribution >= 4 is 22.8 Å². The summed E-state index contributed by atoms with van der Waals surface area (Å²) in [5, 5.41) is 0. The van der Waals surface area contributed by atoms with Gasteiger partial charge in [0.15, 0.2) is 24.7 Å². The molecule has 8 aliphatic carbocycles. The van der Waals surface area contributed by atoms with Gasteiger partial charge in [-0.15, -0.1) is 0 Å². The molecule has 0 radical (unpaired) electrons. The first kappa shape index (κ1) is 42.7. The molecule has 0 aromatic heterocycles. The first-order valence-electron chi connectivity index (χ1n) is 24.5. The van der Waals surface area contributed by atoms with Crippen LogP contribution in [0.15, 0.2) is 124 Å². The number of carbonyl (C=O) groups excluding carboxylic acids is 2. The van der Waals surface area contributed by atoms with Crippen molar-refractivity contribution in [2.45, 2.75) is 104 Å². The Kier molecular flexibility index (Phi) is 10.8. The van der Waals surface area contributed by atoms with E-state index in [0.29, 0.717) is 63.9 Å². The molecule has 14 rings (SSSR count). The third-order valence-electron chi connectivity index (χ3n) is 17.1. The number of fused-ring (bicyclic) bond motifs is 3. The third-order valence-corrected chi connectivity index (χ3v) is 19.6. The topological polar surface area (TPSA) is 98.8 Å². The van der Waals surface area contributed by atoms with Gasteiger partial charge < -0.3 is 33.2 Å². The zero-order valence-corrected chi connectivity index (χ0v) is 39.5. The number of thiol groups is 1.